The second kappa shape index (κ2) is 6.76. The zero-order chi connectivity index (χ0) is 15.4. The van der Waals surface area contributed by atoms with Crippen molar-refractivity contribution in [3.8, 4) is 0 Å². The summed E-state index contributed by atoms with van der Waals surface area (Å²) in [5, 5.41) is 1.13. The quantitative estimate of drug-likeness (QED) is 0.821. The maximum Gasteiger partial charge on any atom is 0.248 e. The van der Waals surface area contributed by atoms with E-state index in [2.05, 4.69) is 18.4 Å². The van der Waals surface area contributed by atoms with E-state index in [-0.39, 0.29) is 5.91 Å². The molecule has 0 aliphatic heterocycles. The number of benzene rings is 1. The standard InChI is InChI=1S/C17H25N3O/c1-3-5-15-13(8-9-18)14-11-12(17(19)21)6-7-16(14)20(15)10-4-2/h6-7,11H,3-5,8-10,18H2,1-2H3,(H2,19,21). The molecule has 2 rings (SSSR count). The normalized spacial score (nSPS) is 11.2. The molecule has 0 aliphatic rings. The van der Waals surface area contributed by atoms with E-state index >= 15 is 0 Å². The van der Waals surface area contributed by atoms with Crippen LogP contribution in [-0.4, -0.2) is 17.0 Å². The number of hydrogen-bond donors (Lipinski definition) is 2. The van der Waals surface area contributed by atoms with Gasteiger partial charge in [0.2, 0.25) is 5.91 Å². The van der Waals surface area contributed by atoms with Gasteiger partial charge in [-0.15, -0.1) is 0 Å². The number of nitrogens with zero attached hydrogens (tertiary/aromatic N) is 1. The van der Waals surface area contributed by atoms with Crippen LogP contribution in [0.2, 0.25) is 0 Å². The lowest BCUT2D eigenvalue weighted by Gasteiger charge is -2.10. The highest BCUT2D eigenvalue weighted by atomic mass is 16.1. The molecule has 4 nitrogen and oxygen atoms in total. The van der Waals surface area contributed by atoms with Crippen LogP contribution in [0.15, 0.2) is 18.2 Å². The summed E-state index contributed by atoms with van der Waals surface area (Å²) in [6.45, 7) is 5.98. The van der Waals surface area contributed by atoms with Crippen LogP contribution in [0.3, 0.4) is 0 Å². The average Bonchev–Trinajstić information content (AvgIpc) is 2.74. The third kappa shape index (κ3) is 2.95. The van der Waals surface area contributed by atoms with Crippen LogP contribution in [0, 0.1) is 0 Å². The highest BCUT2D eigenvalue weighted by Crippen LogP contribution is 2.29. The lowest BCUT2D eigenvalue weighted by molar-refractivity contribution is 0.100. The topological polar surface area (TPSA) is 74.0 Å². The zero-order valence-electron chi connectivity index (χ0n) is 13.0. The Morgan fingerprint density at radius 3 is 2.52 bits per heavy atom. The first-order valence-corrected chi connectivity index (χ1v) is 7.77. The van der Waals surface area contributed by atoms with Crippen LogP contribution in [0.25, 0.3) is 10.9 Å². The molecule has 0 unspecified atom stereocenters. The van der Waals surface area contributed by atoms with Crippen molar-refractivity contribution in [2.45, 2.75) is 46.1 Å². The van der Waals surface area contributed by atoms with E-state index in [1.165, 1.54) is 16.8 Å². The molecule has 0 saturated carbocycles. The number of aromatic nitrogens is 1. The first kappa shape index (κ1) is 15.6. The fourth-order valence-electron chi connectivity index (χ4n) is 3.06. The van der Waals surface area contributed by atoms with Crippen molar-refractivity contribution in [1.29, 1.82) is 0 Å². The SMILES string of the molecule is CCCc1c(CCN)c2cc(C(N)=O)ccc2n1CCC. The number of fused-ring (bicyclic) bond motifs is 1. The maximum atomic E-state index is 11.4. The number of hydrogen-bond acceptors (Lipinski definition) is 2. The molecule has 21 heavy (non-hydrogen) atoms. The molecule has 1 aromatic carbocycles. The van der Waals surface area contributed by atoms with E-state index in [1.807, 2.05) is 18.2 Å². The van der Waals surface area contributed by atoms with Crippen LogP contribution >= 0.6 is 0 Å². The van der Waals surface area contributed by atoms with Crippen molar-refractivity contribution in [2.75, 3.05) is 6.54 Å². The third-order valence-electron chi connectivity index (χ3n) is 3.90. The second-order valence-corrected chi connectivity index (χ2v) is 5.46. The smallest absolute Gasteiger partial charge is 0.248 e. The third-order valence-corrected chi connectivity index (χ3v) is 3.90. The van der Waals surface area contributed by atoms with E-state index in [0.29, 0.717) is 12.1 Å². The Morgan fingerprint density at radius 1 is 1.19 bits per heavy atom. The van der Waals surface area contributed by atoms with Crippen LogP contribution < -0.4 is 11.5 Å². The Morgan fingerprint density at radius 2 is 1.95 bits per heavy atom. The van der Waals surface area contributed by atoms with E-state index in [1.54, 1.807) is 0 Å². The molecule has 0 spiro atoms. The van der Waals surface area contributed by atoms with Crippen molar-refractivity contribution >= 4 is 16.8 Å². The largest absolute Gasteiger partial charge is 0.366 e. The lowest BCUT2D eigenvalue weighted by atomic mass is 10.0. The molecule has 1 heterocycles. The van der Waals surface area contributed by atoms with E-state index < -0.39 is 0 Å². The summed E-state index contributed by atoms with van der Waals surface area (Å²) in [5.41, 5.74) is 15.6. The van der Waals surface area contributed by atoms with Crippen molar-refractivity contribution in [3.63, 3.8) is 0 Å². The van der Waals surface area contributed by atoms with Gasteiger partial charge in [-0.2, -0.15) is 0 Å². The van der Waals surface area contributed by atoms with Gasteiger partial charge in [-0.25, -0.2) is 0 Å². The maximum absolute atomic E-state index is 11.4. The summed E-state index contributed by atoms with van der Waals surface area (Å²) in [6.07, 6.45) is 4.06. The minimum Gasteiger partial charge on any atom is -0.366 e. The van der Waals surface area contributed by atoms with Gasteiger partial charge < -0.3 is 16.0 Å². The van der Waals surface area contributed by atoms with Crippen molar-refractivity contribution in [2.24, 2.45) is 11.5 Å². The van der Waals surface area contributed by atoms with Crippen LogP contribution in [0.5, 0.6) is 0 Å². The number of nitrogens with two attached hydrogens (primary N) is 2. The molecule has 0 bridgehead atoms. The van der Waals surface area contributed by atoms with Gasteiger partial charge in [0.25, 0.3) is 0 Å². The molecule has 4 heteroatoms. The summed E-state index contributed by atoms with van der Waals surface area (Å²) in [7, 11) is 0. The Kier molecular flexibility index (Phi) is 5.02. The fourth-order valence-corrected chi connectivity index (χ4v) is 3.06. The van der Waals surface area contributed by atoms with Crippen LogP contribution in [0.4, 0.5) is 0 Å². The molecule has 1 amide bonds. The first-order valence-electron chi connectivity index (χ1n) is 7.77. The van der Waals surface area contributed by atoms with Gasteiger partial charge in [0.05, 0.1) is 0 Å². The Balaban J connectivity index is 2.72. The zero-order valence-corrected chi connectivity index (χ0v) is 13.0. The highest BCUT2D eigenvalue weighted by Gasteiger charge is 2.16. The number of aryl methyl sites for hydroxylation is 1. The summed E-state index contributed by atoms with van der Waals surface area (Å²) in [4.78, 5) is 11.4. The molecule has 0 aliphatic carbocycles. The van der Waals surface area contributed by atoms with Crippen molar-refractivity contribution < 1.29 is 4.79 Å². The Labute approximate surface area is 126 Å². The van der Waals surface area contributed by atoms with Gasteiger partial charge in [-0.05, 0) is 49.6 Å². The summed E-state index contributed by atoms with van der Waals surface area (Å²) < 4.78 is 2.38. The molecule has 0 atom stereocenters. The summed E-state index contributed by atoms with van der Waals surface area (Å²) in [5.74, 6) is -0.379. The van der Waals surface area contributed by atoms with Crippen LogP contribution in [-0.2, 0) is 19.4 Å². The van der Waals surface area contributed by atoms with Gasteiger partial charge in [0.1, 0.15) is 0 Å². The molecule has 114 valence electrons. The molecular formula is C17H25N3O. The lowest BCUT2D eigenvalue weighted by Crippen LogP contribution is -2.10. The van der Waals surface area contributed by atoms with Gasteiger partial charge in [-0.3, -0.25) is 4.79 Å². The highest BCUT2D eigenvalue weighted by molar-refractivity contribution is 5.98. The number of carbonyl (C=O) groups excluding carboxylic acids is 1. The van der Waals surface area contributed by atoms with E-state index in [4.69, 9.17) is 11.5 Å². The molecule has 0 radical (unpaired) electrons. The molecule has 1 aromatic heterocycles. The molecule has 2 aromatic rings. The number of rotatable bonds is 7. The molecule has 4 N–H and O–H groups in total. The number of primary amides is 1. The minimum absolute atomic E-state index is 0.379. The number of carbonyl (C=O) groups is 1. The predicted octanol–water partition coefficient (Wildman–Crippen LogP) is 2.60. The molecule has 0 saturated heterocycles. The second-order valence-electron chi connectivity index (χ2n) is 5.46. The fraction of sp³-hybridized carbons (Fsp3) is 0.471. The van der Waals surface area contributed by atoms with Gasteiger partial charge in [0, 0.05) is 28.7 Å². The summed E-state index contributed by atoms with van der Waals surface area (Å²) in [6, 6.07) is 5.76. The predicted molar refractivity (Wildman–Crippen MR) is 87.5 cm³/mol. The monoisotopic (exact) mass is 287 g/mol. The van der Waals surface area contributed by atoms with Crippen molar-refractivity contribution in [1.82, 2.24) is 4.57 Å². The molecular weight excluding hydrogens is 262 g/mol. The van der Waals surface area contributed by atoms with Crippen LogP contribution in [0.1, 0.15) is 48.3 Å². The first-order chi connectivity index (χ1) is 10.1. The van der Waals surface area contributed by atoms with Gasteiger partial charge >= 0.3 is 0 Å². The summed E-state index contributed by atoms with van der Waals surface area (Å²) >= 11 is 0. The number of amides is 1. The van der Waals surface area contributed by atoms with Gasteiger partial charge in [-0.1, -0.05) is 20.3 Å². The molecule has 0 fully saturated rings. The minimum atomic E-state index is -0.379. The van der Waals surface area contributed by atoms with Crippen molar-refractivity contribution in [3.05, 3.63) is 35.0 Å². The Bertz CT molecular complexity index is 643. The van der Waals surface area contributed by atoms with E-state index in [0.717, 1.165) is 37.6 Å². The van der Waals surface area contributed by atoms with Gasteiger partial charge in [0.15, 0.2) is 0 Å². The average molecular weight is 287 g/mol. The Hall–Kier alpha value is -1.81. The van der Waals surface area contributed by atoms with E-state index in [9.17, 15) is 4.79 Å².